The molecular weight excluding hydrogens is 242 g/mol. The van der Waals surface area contributed by atoms with Crippen LogP contribution in [0.3, 0.4) is 0 Å². The van der Waals surface area contributed by atoms with Gasteiger partial charge in [-0.3, -0.25) is 0 Å². The summed E-state index contributed by atoms with van der Waals surface area (Å²) in [4.78, 5) is 7.98. The second kappa shape index (κ2) is 5.98. The van der Waals surface area contributed by atoms with E-state index in [4.69, 9.17) is 5.73 Å². The lowest BCUT2D eigenvalue weighted by Crippen LogP contribution is -2.21. The maximum absolute atomic E-state index is 5.89. The lowest BCUT2D eigenvalue weighted by atomic mass is 10.1. The summed E-state index contributed by atoms with van der Waals surface area (Å²) >= 11 is 1.80. The summed E-state index contributed by atoms with van der Waals surface area (Å²) in [5.74, 6) is 0.987. The zero-order chi connectivity index (χ0) is 13.0. The van der Waals surface area contributed by atoms with Crippen molar-refractivity contribution in [3.05, 3.63) is 46.3 Å². The van der Waals surface area contributed by atoms with Gasteiger partial charge in [0, 0.05) is 30.7 Å². The van der Waals surface area contributed by atoms with Crippen molar-refractivity contribution in [1.82, 2.24) is 4.98 Å². The van der Waals surface area contributed by atoms with Gasteiger partial charge in [-0.15, -0.1) is 11.3 Å². The molecule has 0 saturated carbocycles. The Balaban J connectivity index is 1.99. The average molecular weight is 261 g/mol. The molecule has 2 heterocycles. The summed E-state index contributed by atoms with van der Waals surface area (Å²) in [6.45, 7) is 2.96. The van der Waals surface area contributed by atoms with Gasteiger partial charge in [-0.1, -0.05) is 6.07 Å². The quantitative estimate of drug-likeness (QED) is 0.900. The topological polar surface area (TPSA) is 42.1 Å². The first-order valence-corrected chi connectivity index (χ1v) is 7.00. The predicted molar refractivity (Wildman–Crippen MR) is 78.1 cm³/mol. The van der Waals surface area contributed by atoms with Crippen LogP contribution in [-0.4, -0.2) is 18.6 Å². The fourth-order valence-electron chi connectivity index (χ4n) is 1.77. The highest BCUT2D eigenvalue weighted by molar-refractivity contribution is 7.09. The van der Waals surface area contributed by atoms with Gasteiger partial charge in [-0.25, -0.2) is 4.98 Å². The Morgan fingerprint density at radius 3 is 2.94 bits per heavy atom. The van der Waals surface area contributed by atoms with Crippen LogP contribution >= 0.6 is 11.3 Å². The van der Waals surface area contributed by atoms with E-state index < -0.39 is 0 Å². The van der Waals surface area contributed by atoms with Crippen LogP contribution in [0.25, 0.3) is 0 Å². The highest BCUT2D eigenvalue weighted by Gasteiger charge is 2.06. The molecule has 18 heavy (non-hydrogen) atoms. The van der Waals surface area contributed by atoms with Crippen LogP contribution in [0.4, 0.5) is 5.82 Å². The highest BCUT2D eigenvalue weighted by atomic mass is 32.1. The van der Waals surface area contributed by atoms with E-state index in [1.807, 2.05) is 19.2 Å². The largest absolute Gasteiger partial charge is 0.359 e. The normalized spacial score (nSPS) is 12.4. The van der Waals surface area contributed by atoms with Crippen LogP contribution in [0.5, 0.6) is 0 Å². The number of anilines is 1. The molecule has 0 aliphatic rings. The molecule has 0 aromatic carbocycles. The lowest BCUT2D eigenvalue weighted by Gasteiger charge is -2.19. The van der Waals surface area contributed by atoms with Crippen molar-refractivity contribution in [1.29, 1.82) is 0 Å². The molecule has 0 aliphatic heterocycles. The van der Waals surface area contributed by atoms with Gasteiger partial charge in [0.05, 0.1) is 0 Å². The smallest absolute Gasteiger partial charge is 0.128 e. The Morgan fingerprint density at radius 2 is 2.28 bits per heavy atom. The lowest BCUT2D eigenvalue weighted by molar-refractivity contribution is 0.807. The van der Waals surface area contributed by atoms with Crippen molar-refractivity contribution >= 4 is 17.2 Å². The minimum atomic E-state index is 0.0532. The number of hydrogen-bond acceptors (Lipinski definition) is 4. The number of nitrogens with two attached hydrogens (primary N) is 1. The van der Waals surface area contributed by atoms with Crippen molar-refractivity contribution in [3.8, 4) is 0 Å². The van der Waals surface area contributed by atoms with Crippen LogP contribution in [0.15, 0.2) is 35.8 Å². The Morgan fingerprint density at radius 1 is 1.44 bits per heavy atom. The molecule has 0 fully saturated rings. The van der Waals surface area contributed by atoms with Crippen molar-refractivity contribution in [2.75, 3.05) is 18.5 Å². The SMILES string of the molecule is C[C@@H](N)c1ccnc(N(C)CCc2cccs2)c1. The summed E-state index contributed by atoms with van der Waals surface area (Å²) in [5, 5.41) is 2.12. The molecule has 2 aromatic heterocycles. The molecule has 3 nitrogen and oxygen atoms in total. The van der Waals surface area contributed by atoms with Crippen molar-refractivity contribution in [2.24, 2.45) is 5.73 Å². The third-order valence-corrected chi connectivity index (χ3v) is 3.90. The minimum absolute atomic E-state index is 0.0532. The molecule has 2 rings (SSSR count). The first-order chi connectivity index (χ1) is 8.66. The molecule has 96 valence electrons. The molecule has 0 spiro atoms. The average Bonchev–Trinajstić information content (AvgIpc) is 2.89. The van der Waals surface area contributed by atoms with Crippen LogP contribution < -0.4 is 10.6 Å². The predicted octanol–water partition coefficient (Wildman–Crippen LogP) is 2.84. The maximum atomic E-state index is 5.89. The summed E-state index contributed by atoms with van der Waals surface area (Å²) in [7, 11) is 2.07. The van der Waals surface area contributed by atoms with Crippen molar-refractivity contribution in [3.63, 3.8) is 0 Å². The number of nitrogens with zero attached hydrogens (tertiary/aromatic N) is 2. The minimum Gasteiger partial charge on any atom is -0.359 e. The monoisotopic (exact) mass is 261 g/mol. The second-order valence-electron chi connectivity index (χ2n) is 4.49. The third kappa shape index (κ3) is 3.31. The van der Waals surface area contributed by atoms with E-state index in [1.54, 1.807) is 11.3 Å². The molecule has 0 aliphatic carbocycles. The van der Waals surface area contributed by atoms with E-state index in [9.17, 15) is 0 Å². The van der Waals surface area contributed by atoms with Gasteiger partial charge in [0.2, 0.25) is 0 Å². The van der Waals surface area contributed by atoms with Gasteiger partial charge in [-0.05, 0) is 42.5 Å². The number of likely N-dealkylation sites (N-methyl/N-ethyl adjacent to an activating group) is 1. The van der Waals surface area contributed by atoms with Gasteiger partial charge in [0.25, 0.3) is 0 Å². The fraction of sp³-hybridized carbons (Fsp3) is 0.357. The van der Waals surface area contributed by atoms with Gasteiger partial charge in [0.15, 0.2) is 0 Å². The van der Waals surface area contributed by atoms with Crippen molar-refractivity contribution < 1.29 is 0 Å². The number of hydrogen-bond donors (Lipinski definition) is 1. The summed E-state index contributed by atoms with van der Waals surface area (Å²) < 4.78 is 0. The Hall–Kier alpha value is -1.39. The molecule has 0 bridgehead atoms. The number of rotatable bonds is 5. The van der Waals surface area contributed by atoms with Crippen LogP contribution in [0, 0.1) is 0 Å². The van der Waals surface area contributed by atoms with E-state index in [2.05, 4.69) is 40.5 Å². The molecule has 0 amide bonds. The molecular formula is C14H19N3S. The first kappa shape index (κ1) is 13.1. The number of thiophene rings is 1. The van der Waals surface area contributed by atoms with Gasteiger partial charge in [-0.2, -0.15) is 0 Å². The summed E-state index contributed by atoms with van der Waals surface area (Å²) in [6, 6.07) is 8.36. The second-order valence-corrected chi connectivity index (χ2v) is 5.52. The molecule has 1 atom stereocenters. The summed E-state index contributed by atoms with van der Waals surface area (Å²) in [6.07, 6.45) is 2.88. The zero-order valence-corrected chi connectivity index (χ0v) is 11.7. The van der Waals surface area contributed by atoms with Crippen LogP contribution in [0.1, 0.15) is 23.4 Å². The van der Waals surface area contributed by atoms with Gasteiger partial charge < -0.3 is 10.6 Å². The standard InChI is InChI=1S/C14H19N3S/c1-11(15)12-5-7-16-14(10-12)17(2)8-6-13-4-3-9-18-13/h3-5,7,9-11H,6,8,15H2,1-2H3/t11-/m1/s1. The molecule has 0 unspecified atom stereocenters. The van der Waals surface area contributed by atoms with E-state index in [0.717, 1.165) is 24.3 Å². The molecule has 2 N–H and O–H groups in total. The van der Waals surface area contributed by atoms with E-state index in [-0.39, 0.29) is 6.04 Å². The van der Waals surface area contributed by atoms with E-state index in [1.165, 1.54) is 4.88 Å². The number of aromatic nitrogens is 1. The Labute approximate surface area is 112 Å². The molecule has 0 radical (unpaired) electrons. The van der Waals surface area contributed by atoms with E-state index >= 15 is 0 Å². The van der Waals surface area contributed by atoms with Gasteiger partial charge >= 0.3 is 0 Å². The van der Waals surface area contributed by atoms with Crippen molar-refractivity contribution in [2.45, 2.75) is 19.4 Å². The molecule has 0 saturated heterocycles. The van der Waals surface area contributed by atoms with Gasteiger partial charge in [0.1, 0.15) is 5.82 Å². The van der Waals surface area contributed by atoms with Crippen LogP contribution in [0.2, 0.25) is 0 Å². The molecule has 4 heteroatoms. The summed E-state index contributed by atoms with van der Waals surface area (Å²) in [5.41, 5.74) is 7.02. The van der Waals surface area contributed by atoms with Crippen LogP contribution in [-0.2, 0) is 6.42 Å². The highest BCUT2D eigenvalue weighted by Crippen LogP contribution is 2.17. The maximum Gasteiger partial charge on any atom is 0.128 e. The Bertz CT molecular complexity index is 480. The van der Waals surface area contributed by atoms with E-state index in [0.29, 0.717) is 0 Å². The first-order valence-electron chi connectivity index (χ1n) is 6.12. The number of pyridine rings is 1. The Kier molecular flexibility index (Phi) is 4.33. The third-order valence-electron chi connectivity index (χ3n) is 2.96. The fourth-order valence-corrected chi connectivity index (χ4v) is 2.47. The molecule has 2 aromatic rings. The zero-order valence-electron chi connectivity index (χ0n) is 10.8.